The van der Waals surface area contributed by atoms with Crippen LogP contribution in [0.4, 0.5) is 24.5 Å². The van der Waals surface area contributed by atoms with Crippen molar-refractivity contribution in [1.82, 2.24) is 19.0 Å². The predicted molar refractivity (Wildman–Crippen MR) is 172 cm³/mol. The molecule has 1 saturated heterocycles. The molecule has 6 rings (SSSR count). The number of para-hydroxylation sites is 1. The van der Waals surface area contributed by atoms with Crippen molar-refractivity contribution < 1.29 is 45.5 Å². The van der Waals surface area contributed by atoms with Crippen molar-refractivity contribution >= 4 is 27.4 Å². The molecule has 1 atom stereocenters. The van der Waals surface area contributed by atoms with Gasteiger partial charge in [0.1, 0.15) is 22.9 Å². The Morgan fingerprint density at radius 3 is 2.22 bits per heavy atom. The number of nitro groups is 1. The summed E-state index contributed by atoms with van der Waals surface area (Å²) in [4.78, 5) is 25.8. The highest BCUT2D eigenvalue weighted by molar-refractivity contribution is 7.89. The van der Waals surface area contributed by atoms with Crippen molar-refractivity contribution in [2.24, 2.45) is 0 Å². The fourth-order valence-electron chi connectivity index (χ4n) is 5.97. The van der Waals surface area contributed by atoms with E-state index in [1.807, 2.05) is 0 Å². The average Bonchev–Trinajstić information content (AvgIpc) is 3.49. The first-order chi connectivity index (χ1) is 23.9. The first kappa shape index (κ1) is 34.7. The molecule has 1 N–H and O–H groups in total. The molecule has 2 aliphatic heterocycles. The zero-order valence-corrected chi connectivity index (χ0v) is 27.3. The molecule has 0 saturated carbocycles. The lowest BCUT2D eigenvalue weighted by Crippen LogP contribution is -2.50. The van der Waals surface area contributed by atoms with E-state index in [0.717, 1.165) is 18.2 Å². The smallest absolute Gasteiger partial charge is 0.461 e. The van der Waals surface area contributed by atoms with Crippen molar-refractivity contribution in [2.75, 3.05) is 44.6 Å². The Kier molecular flexibility index (Phi) is 9.68. The molecule has 264 valence electrons. The summed E-state index contributed by atoms with van der Waals surface area (Å²) < 4.78 is 82.0. The number of halogens is 3. The quantitative estimate of drug-likeness (QED) is 0.125. The van der Waals surface area contributed by atoms with E-state index in [2.05, 4.69) is 15.0 Å². The summed E-state index contributed by atoms with van der Waals surface area (Å²) in [6.07, 6.45) is -4.20. The molecule has 50 heavy (non-hydrogen) atoms. The predicted octanol–water partition coefficient (Wildman–Crippen LogP) is 5.51. The highest BCUT2D eigenvalue weighted by Gasteiger charge is 2.39. The van der Waals surface area contributed by atoms with Gasteiger partial charge < -0.3 is 19.5 Å². The summed E-state index contributed by atoms with van der Waals surface area (Å²) in [7, 11) is -4.13. The number of rotatable bonds is 10. The lowest BCUT2D eigenvalue weighted by molar-refractivity contribution is -0.387. The van der Waals surface area contributed by atoms with Gasteiger partial charge in [-0.1, -0.05) is 12.1 Å². The minimum absolute atomic E-state index is 0.0959. The number of alkyl halides is 3. The lowest BCUT2D eigenvalue weighted by atomic mass is 10.0. The van der Waals surface area contributed by atoms with Crippen LogP contribution in [-0.2, 0) is 14.8 Å². The molecule has 4 aromatic rings. The first-order valence-electron chi connectivity index (χ1n) is 15.5. The third kappa shape index (κ3) is 7.22. The normalized spacial score (nSPS) is 17.0. The summed E-state index contributed by atoms with van der Waals surface area (Å²) in [6, 6.07) is 16.5. The van der Waals surface area contributed by atoms with Crippen molar-refractivity contribution in [2.45, 2.75) is 30.6 Å². The fourth-order valence-corrected chi connectivity index (χ4v) is 7.54. The number of carbonyl (C=O) groups is 1. The number of aromatic nitrogens is 2. The number of nitrogens with one attached hydrogen (secondary N) is 1. The molecule has 0 aliphatic carbocycles. The van der Waals surface area contributed by atoms with Gasteiger partial charge in [-0.25, -0.2) is 17.9 Å². The van der Waals surface area contributed by atoms with Crippen LogP contribution in [0.5, 0.6) is 17.2 Å². The van der Waals surface area contributed by atoms with E-state index in [4.69, 9.17) is 14.6 Å². The van der Waals surface area contributed by atoms with Gasteiger partial charge in [-0.15, -0.1) is 13.2 Å². The van der Waals surface area contributed by atoms with Crippen molar-refractivity contribution in [3.63, 3.8) is 0 Å². The molecule has 0 radical (unpaired) electrons. The maximum atomic E-state index is 13.4. The van der Waals surface area contributed by atoms with Gasteiger partial charge in [-0.3, -0.25) is 15.0 Å². The molecular formula is C32H31F3N6O8S. The Bertz CT molecular complexity index is 1980. The van der Waals surface area contributed by atoms with Crippen LogP contribution < -0.4 is 14.8 Å². The number of nitro benzene ring substituents is 1. The van der Waals surface area contributed by atoms with E-state index < -0.39 is 33.0 Å². The van der Waals surface area contributed by atoms with E-state index >= 15 is 0 Å². The third-order valence-corrected chi connectivity index (χ3v) is 10.1. The second-order valence-corrected chi connectivity index (χ2v) is 13.2. The SMILES string of the molecule is CCOC(=O)c1c2c(nn1-c1ccc(Oc3ccc(OC(F)(F)F)cc3)cc1)[C@@H](N1CCN(S(=O)(=O)c3ccccc3[N+](=O)[O-])CC1)CCN2. The van der Waals surface area contributed by atoms with Gasteiger partial charge in [0.2, 0.25) is 10.0 Å². The number of carbonyl (C=O) groups excluding carboxylic acids is 1. The molecule has 3 aromatic carbocycles. The van der Waals surface area contributed by atoms with Crippen LogP contribution in [-0.4, -0.2) is 84.0 Å². The Balaban J connectivity index is 1.22. The topological polar surface area (TPSA) is 158 Å². The van der Waals surface area contributed by atoms with Gasteiger partial charge in [0.05, 0.1) is 28.9 Å². The molecule has 0 spiro atoms. The number of anilines is 1. The zero-order chi connectivity index (χ0) is 35.6. The number of esters is 1. The highest BCUT2D eigenvalue weighted by Crippen LogP contribution is 2.39. The second-order valence-electron chi connectivity index (χ2n) is 11.3. The maximum Gasteiger partial charge on any atom is 0.573 e. The lowest BCUT2D eigenvalue weighted by Gasteiger charge is -2.39. The Morgan fingerprint density at radius 2 is 1.60 bits per heavy atom. The highest BCUT2D eigenvalue weighted by atomic mass is 32.2. The van der Waals surface area contributed by atoms with E-state index in [0.29, 0.717) is 48.9 Å². The average molecular weight is 717 g/mol. The summed E-state index contributed by atoms with van der Waals surface area (Å²) >= 11 is 0. The van der Waals surface area contributed by atoms with E-state index in [1.54, 1.807) is 31.2 Å². The molecule has 18 heteroatoms. The van der Waals surface area contributed by atoms with Crippen molar-refractivity contribution in [3.8, 4) is 22.9 Å². The molecule has 14 nitrogen and oxygen atoms in total. The zero-order valence-electron chi connectivity index (χ0n) is 26.5. The van der Waals surface area contributed by atoms with Crippen LogP contribution in [0.3, 0.4) is 0 Å². The number of ether oxygens (including phenoxy) is 3. The third-order valence-electron chi connectivity index (χ3n) is 8.18. The molecule has 3 heterocycles. The van der Waals surface area contributed by atoms with Crippen molar-refractivity contribution in [3.05, 3.63) is 94.3 Å². The standard InChI is InChI=1S/C32H31F3N6O8S/c1-2-47-31(42)30-29-28(37-40(30)21-7-9-22(10-8-21)48-23-11-13-24(14-12-23)49-32(33,34)35)26(15-16-36-29)38-17-19-39(20-18-38)50(45,46)27-6-4-3-5-25(27)41(43)44/h3-14,26,36H,2,15-20H2,1H3/t26-/m0/s1. The summed E-state index contributed by atoms with van der Waals surface area (Å²) in [5.74, 6) is -0.337. The number of fused-ring (bicyclic) bond motifs is 1. The van der Waals surface area contributed by atoms with Crippen LogP contribution >= 0.6 is 0 Å². The number of piperazine rings is 1. The number of benzene rings is 3. The Hall–Kier alpha value is -5.20. The van der Waals surface area contributed by atoms with E-state index in [9.17, 15) is 36.5 Å². The molecule has 0 amide bonds. The fraction of sp³-hybridized carbons (Fsp3) is 0.312. The van der Waals surface area contributed by atoms with Gasteiger partial charge >= 0.3 is 12.3 Å². The number of nitrogens with zero attached hydrogens (tertiary/aromatic N) is 5. The van der Waals surface area contributed by atoms with Crippen LogP contribution in [0, 0.1) is 10.1 Å². The Morgan fingerprint density at radius 1 is 0.980 bits per heavy atom. The minimum Gasteiger partial charge on any atom is -0.461 e. The molecule has 1 aromatic heterocycles. The van der Waals surface area contributed by atoms with Crippen LogP contribution in [0.25, 0.3) is 5.69 Å². The largest absolute Gasteiger partial charge is 0.573 e. The number of hydrogen-bond acceptors (Lipinski definition) is 11. The second kappa shape index (κ2) is 14.0. The molecular weight excluding hydrogens is 685 g/mol. The number of sulfonamides is 1. The van der Waals surface area contributed by atoms with Crippen LogP contribution in [0.1, 0.15) is 35.6 Å². The van der Waals surface area contributed by atoms with E-state index in [1.165, 1.54) is 39.3 Å². The number of hydrogen-bond donors (Lipinski definition) is 1. The summed E-state index contributed by atoms with van der Waals surface area (Å²) in [5.41, 5.74) is 1.28. The summed E-state index contributed by atoms with van der Waals surface area (Å²) in [6.45, 7) is 3.15. The van der Waals surface area contributed by atoms with Gasteiger partial charge in [0.25, 0.3) is 5.69 Å². The van der Waals surface area contributed by atoms with Crippen molar-refractivity contribution in [1.29, 1.82) is 0 Å². The van der Waals surface area contributed by atoms with Crippen LogP contribution in [0.2, 0.25) is 0 Å². The molecule has 0 bridgehead atoms. The van der Waals surface area contributed by atoms with Gasteiger partial charge in [-0.05, 0) is 67.9 Å². The van der Waals surface area contributed by atoms with Gasteiger partial charge in [-0.2, -0.15) is 9.40 Å². The molecule has 0 unspecified atom stereocenters. The van der Waals surface area contributed by atoms with E-state index in [-0.39, 0.29) is 47.8 Å². The monoisotopic (exact) mass is 716 g/mol. The molecule has 2 aliphatic rings. The molecule has 1 fully saturated rings. The maximum absolute atomic E-state index is 13.4. The first-order valence-corrected chi connectivity index (χ1v) is 17.0. The Labute approximate surface area is 284 Å². The van der Waals surface area contributed by atoms with Crippen LogP contribution in [0.15, 0.2) is 77.7 Å². The van der Waals surface area contributed by atoms with Gasteiger partial charge in [0.15, 0.2) is 10.6 Å². The minimum atomic E-state index is -4.81. The van der Waals surface area contributed by atoms with Gasteiger partial charge in [0, 0.05) is 38.8 Å². The summed E-state index contributed by atoms with van der Waals surface area (Å²) in [5, 5.41) is 19.6.